The second-order valence-electron chi connectivity index (χ2n) is 7.28. The first kappa shape index (κ1) is 20.9. The fourth-order valence-corrected chi connectivity index (χ4v) is 4.93. The minimum absolute atomic E-state index is 0.175. The Hall–Kier alpha value is -1.82. The van der Waals surface area contributed by atoms with Crippen LogP contribution in [-0.2, 0) is 10.5 Å². The molecule has 1 saturated heterocycles. The Morgan fingerprint density at radius 1 is 1.07 bits per heavy atom. The van der Waals surface area contributed by atoms with Gasteiger partial charge in [-0.25, -0.2) is 0 Å². The van der Waals surface area contributed by atoms with Gasteiger partial charge < -0.3 is 9.64 Å². The van der Waals surface area contributed by atoms with Crippen LogP contribution in [0.15, 0.2) is 54.6 Å². The van der Waals surface area contributed by atoms with Crippen LogP contribution in [0.1, 0.15) is 29.3 Å². The number of Topliss-reactive ketones (excluding diaryl/α,β-unsaturated/α-hetero) is 1. The number of hydrogen-bond acceptors (Lipinski definition) is 5. The van der Waals surface area contributed by atoms with E-state index in [1.807, 2.05) is 44.4 Å². The van der Waals surface area contributed by atoms with E-state index in [2.05, 4.69) is 41.0 Å². The van der Waals surface area contributed by atoms with Crippen molar-refractivity contribution < 1.29 is 9.53 Å². The Kier molecular flexibility index (Phi) is 7.16. The third-order valence-electron chi connectivity index (χ3n) is 5.38. The summed E-state index contributed by atoms with van der Waals surface area (Å²) in [6.07, 6.45) is 0.752. The van der Waals surface area contributed by atoms with E-state index in [0.717, 1.165) is 49.7 Å². The number of benzene rings is 2. The highest BCUT2D eigenvalue weighted by atomic mass is 32.2. The molecule has 3 rings (SSSR count). The van der Waals surface area contributed by atoms with Gasteiger partial charge in [-0.15, -0.1) is 11.8 Å². The molecule has 1 unspecified atom stereocenters. The normalized spacial score (nSPS) is 16.8. The highest BCUT2D eigenvalue weighted by Gasteiger charge is 2.40. The minimum Gasteiger partial charge on any atom is -0.378 e. The Balaban J connectivity index is 1.78. The molecule has 1 aliphatic rings. The predicted molar refractivity (Wildman–Crippen MR) is 118 cm³/mol. The molecule has 1 fully saturated rings. The standard InChI is InChI=1S/C23H30N2O2S/c1-4-23(24(2)3,28-18-19-8-6-5-7-9-19)22(26)20-10-12-21(13-11-20)25-14-16-27-17-15-25/h5-13H,4,14-18H2,1-3H3. The highest BCUT2D eigenvalue weighted by molar-refractivity contribution is 8.00. The van der Waals surface area contributed by atoms with Crippen LogP contribution in [0, 0.1) is 0 Å². The van der Waals surface area contributed by atoms with E-state index in [0.29, 0.717) is 0 Å². The molecule has 0 N–H and O–H groups in total. The maximum Gasteiger partial charge on any atom is 0.193 e. The van der Waals surface area contributed by atoms with Gasteiger partial charge in [-0.05, 0) is 50.3 Å². The Labute approximate surface area is 172 Å². The van der Waals surface area contributed by atoms with E-state index >= 15 is 0 Å². The van der Waals surface area contributed by atoms with Crippen molar-refractivity contribution >= 4 is 23.2 Å². The lowest BCUT2D eigenvalue weighted by Gasteiger charge is -2.37. The topological polar surface area (TPSA) is 32.8 Å². The van der Waals surface area contributed by atoms with Crippen LogP contribution < -0.4 is 4.90 Å². The molecule has 1 heterocycles. The van der Waals surface area contributed by atoms with Gasteiger partial charge >= 0.3 is 0 Å². The third-order valence-corrected chi connectivity index (χ3v) is 7.18. The van der Waals surface area contributed by atoms with E-state index < -0.39 is 4.87 Å². The van der Waals surface area contributed by atoms with Crippen molar-refractivity contribution in [2.24, 2.45) is 0 Å². The van der Waals surface area contributed by atoms with Crippen molar-refractivity contribution in [3.8, 4) is 0 Å². The summed E-state index contributed by atoms with van der Waals surface area (Å²) in [7, 11) is 4.00. The largest absolute Gasteiger partial charge is 0.378 e. The summed E-state index contributed by atoms with van der Waals surface area (Å²) in [6.45, 7) is 5.42. The number of rotatable bonds is 8. The maximum atomic E-state index is 13.6. The summed E-state index contributed by atoms with van der Waals surface area (Å²) in [6, 6.07) is 18.4. The highest BCUT2D eigenvalue weighted by Crippen LogP contribution is 2.37. The van der Waals surface area contributed by atoms with Gasteiger partial charge in [-0.3, -0.25) is 9.69 Å². The smallest absolute Gasteiger partial charge is 0.193 e. The fourth-order valence-electron chi connectivity index (χ4n) is 3.62. The molecule has 0 saturated carbocycles. The average molecular weight is 399 g/mol. The first-order valence-corrected chi connectivity index (χ1v) is 10.9. The summed E-state index contributed by atoms with van der Waals surface area (Å²) in [5.41, 5.74) is 3.17. The van der Waals surface area contributed by atoms with E-state index in [4.69, 9.17) is 4.74 Å². The van der Waals surface area contributed by atoms with Gasteiger partial charge in [0.2, 0.25) is 0 Å². The maximum absolute atomic E-state index is 13.6. The van der Waals surface area contributed by atoms with Crippen LogP contribution in [0.25, 0.3) is 0 Å². The lowest BCUT2D eigenvalue weighted by molar-refractivity contribution is 0.0831. The van der Waals surface area contributed by atoms with E-state index in [1.165, 1.54) is 5.56 Å². The van der Waals surface area contributed by atoms with Crippen molar-refractivity contribution in [2.75, 3.05) is 45.3 Å². The van der Waals surface area contributed by atoms with Crippen molar-refractivity contribution in [3.05, 3.63) is 65.7 Å². The molecule has 2 aromatic rings. The van der Waals surface area contributed by atoms with E-state index in [-0.39, 0.29) is 5.78 Å². The number of thioether (sulfide) groups is 1. The second-order valence-corrected chi connectivity index (χ2v) is 8.53. The number of likely N-dealkylation sites (N-methyl/N-ethyl adjacent to an activating group) is 1. The third kappa shape index (κ3) is 4.59. The fraction of sp³-hybridized carbons (Fsp3) is 0.435. The van der Waals surface area contributed by atoms with Crippen molar-refractivity contribution in [1.29, 1.82) is 0 Å². The second kappa shape index (κ2) is 9.59. The average Bonchev–Trinajstić information content (AvgIpc) is 2.75. The zero-order valence-corrected chi connectivity index (χ0v) is 17.9. The van der Waals surface area contributed by atoms with Crippen LogP contribution in [0.2, 0.25) is 0 Å². The molecular weight excluding hydrogens is 368 g/mol. The molecule has 2 aromatic carbocycles. The van der Waals surface area contributed by atoms with Gasteiger partial charge in [-0.1, -0.05) is 37.3 Å². The summed E-state index contributed by atoms with van der Waals surface area (Å²) >= 11 is 1.71. The summed E-state index contributed by atoms with van der Waals surface area (Å²) in [4.78, 5) is 17.4. The van der Waals surface area contributed by atoms with Crippen LogP contribution in [0.3, 0.4) is 0 Å². The van der Waals surface area contributed by atoms with E-state index in [9.17, 15) is 4.79 Å². The number of ketones is 1. The molecular formula is C23H30N2O2S. The Morgan fingerprint density at radius 3 is 2.29 bits per heavy atom. The van der Waals surface area contributed by atoms with Crippen molar-refractivity contribution in [3.63, 3.8) is 0 Å². The van der Waals surface area contributed by atoms with Gasteiger partial charge in [0.25, 0.3) is 0 Å². The molecule has 0 amide bonds. The first-order valence-electron chi connectivity index (χ1n) is 9.89. The first-order chi connectivity index (χ1) is 13.6. The summed E-state index contributed by atoms with van der Waals surface area (Å²) in [5, 5.41) is 0. The Morgan fingerprint density at radius 2 is 1.71 bits per heavy atom. The molecule has 0 bridgehead atoms. The number of hydrogen-bond donors (Lipinski definition) is 0. The molecule has 1 atom stereocenters. The van der Waals surface area contributed by atoms with Gasteiger partial charge in [0.15, 0.2) is 5.78 Å². The molecule has 28 heavy (non-hydrogen) atoms. The lowest BCUT2D eigenvalue weighted by Crippen LogP contribution is -2.48. The van der Waals surface area contributed by atoms with Crippen molar-refractivity contribution in [1.82, 2.24) is 4.90 Å². The number of anilines is 1. The molecule has 5 heteroatoms. The quantitative estimate of drug-likeness (QED) is 0.489. The van der Waals surface area contributed by atoms with Crippen LogP contribution in [0.5, 0.6) is 0 Å². The van der Waals surface area contributed by atoms with Crippen LogP contribution >= 0.6 is 11.8 Å². The van der Waals surface area contributed by atoms with Crippen LogP contribution in [-0.4, -0.2) is 56.0 Å². The molecule has 0 aromatic heterocycles. The minimum atomic E-state index is -0.573. The van der Waals surface area contributed by atoms with Crippen molar-refractivity contribution in [2.45, 2.75) is 24.0 Å². The van der Waals surface area contributed by atoms with Crippen LogP contribution in [0.4, 0.5) is 5.69 Å². The SMILES string of the molecule is CCC(SCc1ccccc1)(C(=O)c1ccc(N2CCOCC2)cc1)N(C)C. The summed E-state index contributed by atoms with van der Waals surface area (Å²) in [5.74, 6) is 0.985. The molecule has 4 nitrogen and oxygen atoms in total. The predicted octanol–water partition coefficient (Wildman–Crippen LogP) is 4.31. The zero-order valence-electron chi connectivity index (χ0n) is 17.1. The van der Waals surface area contributed by atoms with Gasteiger partial charge in [0, 0.05) is 30.1 Å². The number of carbonyl (C=O) groups excluding carboxylic acids is 1. The molecule has 150 valence electrons. The zero-order chi connectivity index (χ0) is 20.0. The number of ether oxygens (including phenoxy) is 1. The summed E-state index contributed by atoms with van der Waals surface area (Å²) < 4.78 is 5.43. The van der Waals surface area contributed by atoms with Gasteiger partial charge in [0.1, 0.15) is 4.87 Å². The number of carbonyl (C=O) groups is 1. The number of morpholine rings is 1. The molecule has 0 spiro atoms. The number of nitrogens with zero attached hydrogens (tertiary/aromatic N) is 2. The molecule has 0 aliphatic carbocycles. The van der Waals surface area contributed by atoms with E-state index in [1.54, 1.807) is 11.8 Å². The molecule has 0 radical (unpaired) electrons. The Bertz CT molecular complexity index is 758. The van der Waals surface area contributed by atoms with Gasteiger partial charge in [-0.2, -0.15) is 0 Å². The van der Waals surface area contributed by atoms with Gasteiger partial charge in [0.05, 0.1) is 13.2 Å². The monoisotopic (exact) mass is 398 g/mol. The lowest BCUT2D eigenvalue weighted by atomic mass is 10.00. The molecule has 1 aliphatic heterocycles.